The summed E-state index contributed by atoms with van der Waals surface area (Å²) < 4.78 is 12.1. The van der Waals surface area contributed by atoms with Crippen LogP contribution in [0, 0.1) is 13.8 Å². The smallest absolute Gasteiger partial charge is 0.306 e. The monoisotopic (exact) mass is 333 g/mol. The van der Waals surface area contributed by atoms with Gasteiger partial charge in [0.1, 0.15) is 5.76 Å². The lowest BCUT2D eigenvalue weighted by molar-refractivity contribution is -0.144. The molecule has 0 unspecified atom stereocenters. The highest BCUT2D eigenvalue weighted by atomic mass is 16.5. The van der Waals surface area contributed by atoms with E-state index in [2.05, 4.69) is 10.4 Å². The van der Waals surface area contributed by atoms with E-state index in [1.807, 2.05) is 30.7 Å². The zero-order chi connectivity index (χ0) is 17.5. The van der Waals surface area contributed by atoms with Gasteiger partial charge in [-0.2, -0.15) is 5.10 Å². The average molecular weight is 333 g/mol. The lowest BCUT2D eigenvalue weighted by atomic mass is 10.1. The average Bonchev–Trinajstić information content (AvgIpc) is 3.14. The lowest BCUT2D eigenvalue weighted by Gasteiger charge is -2.07. The number of esters is 1. The van der Waals surface area contributed by atoms with Crippen molar-refractivity contribution in [1.29, 1.82) is 0 Å². The van der Waals surface area contributed by atoms with E-state index in [0.717, 1.165) is 22.7 Å². The molecular weight excluding hydrogens is 310 g/mol. The van der Waals surface area contributed by atoms with Crippen LogP contribution in [0.4, 0.5) is 0 Å². The van der Waals surface area contributed by atoms with E-state index in [4.69, 9.17) is 9.15 Å². The molecular formula is C17H23N3O4. The Balaban J connectivity index is 1.84. The minimum Gasteiger partial charge on any atom is -0.466 e. The second-order valence-corrected chi connectivity index (χ2v) is 5.40. The normalized spacial score (nSPS) is 10.6. The molecule has 24 heavy (non-hydrogen) atoms. The van der Waals surface area contributed by atoms with Crippen LogP contribution in [0.5, 0.6) is 0 Å². The van der Waals surface area contributed by atoms with Crippen LogP contribution in [0.2, 0.25) is 0 Å². The summed E-state index contributed by atoms with van der Waals surface area (Å²) in [4.78, 5) is 22.9. The highest BCUT2D eigenvalue weighted by molar-refractivity contribution is 5.81. The number of amides is 1. The fraction of sp³-hybridized carbons (Fsp3) is 0.471. The first-order valence-electron chi connectivity index (χ1n) is 8.03. The van der Waals surface area contributed by atoms with Crippen LogP contribution in [0.15, 0.2) is 22.8 Å². The van der Waals surface area contributed by atoms with Gasteiger partial charge in [-0.25, -0.2) is 0 Å². The first kappa shape index (κ1) is 17.8. The fourth-order valence-corrected chi connectivity index (χ4v) is 2.53. The number of furan rings is 1. The molecule has 1 N–H and O–H groups in total. The molecule has 0 atom stereocenters. The van der Waals surface area contributed by atoms with Crippen molar-refractivity contribution in [1.82, 2.24) is 15.1 Å². The zero-order valence-corrected chi connectivity index (χ0v) is 14.3. The van der Waals surface area contributed by atoms with E-state index in [1.54, 1.807) is 13.2 Å². The number of rotatable bonds is 8. The van der Waals surface area contributed by atoms with Gasteiger partial charge in [0.05, 0.1) is 37.1 Å². The quantitative estimate of drug-likeness (QED) is 0.749. The lowest BCUT2D eigenvalue weighted by Crippen LogP contribution is -2.28. The Hall–Kier alpha value is -2.57. The fourth-order valence-electron chi connectivity index (χ4n) is 2.53. The number of aromatic nitrogens is 2. The number of ether oxygens (including phenoxy) is 1. The minimum atomic E-state index is -0.353. The van der Waals surface area contributed by atoms with Crippen molar-refractivity contribution < 1.29 is 18.7 Å². The molecule has 2 aromatic rings. The maximum Gasteiger partial charge on any atom is 0.306 e. The van der Waals surface area contributed by atoms with Gasteiger partial charge in [0.2, 0.25) is 5.91 Å². The Bertz CT molecular complexity index is 689. The topological polar surface area (TPSA) is 86.4 Å². The van der Waals surface area contributed by atoms with Crippen molar-refractivity contribution in [2.45, 2.75) is 40.2 Å². The molecule has 0 radical (unpaired) electrons. The molecule has 0 aliphatic heterocycles. The molecule has 0 saturated heterocycles. The molecule has 0 aliphatic rings. The predicted octanol–water partition coefficient (Wildman–Crippen LogP) is 2.22. The van der Waals surface area contributed by atoms with Crippen LogP contribution < -0.4 is 5.32 Å². The van der Waals surface area contributed by atoms with Gasteiger partial charge in [-0.05, 0) is 32.9 Å². The number of hydrogen-bond acceptors (Lipinski definition) is 5. The number of aryl methyl sites for hydroxylation is 1. The largest absolute Gasteiger partial charge is 0.466 e. The van der Waals surface area contributed by atoms with Crippen LogP contribution in [0.25, 0.3) is 11.3 Å². The van der Waals surface area contributed by atoms with Gasteiger partial charge in [0.25, 0.3) is 0 Å². The minimum absolute atomic E-state index is 0.0994. The Morgan fingerprint density at radius 1 is 1.33 bits per heavy atom. The van der Waals surface area contributed by atoms with Gasteiger partial charge < -0.3 is 14.5 Å². The van der Waals surface area contributed by atoms with Gasteiger partial charge in [-0.3, -0.25) is 14.3 Å². The summed E-state index contributed by atoms with van der Waals surface area (Å²) in [5.74, 6) is 0.264. The Morgan fingerprint density at radius 2 is 2.12 bits per heavy atom. The maximum atomic E-state index is 11.7. The molecule has 0 aromatic carbocycles. The van der Waals surface area contributed by atoms with Crippen LogP contribution in [-0.4, -0.2) is 34.8 Å². The SMILES string of the molecule is CCOC(=O)CCC(=O)NCCn1nc(C)c(-c2ccco2)c1C. The second-order valence-electron chi connectivity index (χ2n) is 5.40. The molecule has 7 nitrogen and oxygen atoms in total. The first-order valence-corrected chi connectivity index (χ1v) is 8.03. The molecule has 0 saturated carbocycles. The van der Waals surface area contributed by atoms with Gasteiger partial charge in [-0.15, -0.1) is 0 Å². The van der Waals surface area contributed by atoms with Gasteiger partial charge in [-0.1, -0.05) is 0 Å². The van der Waals surface area contributed by atoms with Gasteiger partial charge >= 0.3 is 5.97 Å². The number of nitrogens with zero attached hydrogens (tertiary/aromatic N) is 2. The van der Waals surface area contributed by atoms with Crippen molar-refractivity contribution in [2.75, 3.05) is 13.2 Å². The molecule has 0 bridgehead atoms. The summed E-state index contributed by atoms with van der Waals surface area (Å²) in [6.45, 7) is 6.97. The molecule has 2 aromatic heterocycles. The molecule has 1 amide bonds. The summed E-state index contributed by atoms with van der Waals surface area (Å²) >= 11 is 0. The van der Waals surface area contributed by atoms with Gasteiger partial charge in [0.15, 0.2) is 0 Å². The molecule has 0 spiro atoms. The molecule has 130 valence electrons. The Morgan fingerprint density at radius 3 is 2.79 bits per heavy atom. The van der Waals surface area contributed by atoms with Crippen molar-refractivity contribution in [2.24, 2.45) is 0 Å². The van der Waals surface area contributed by atoms with Crippen LogP contribution in [-0.2, 0) is 20.9 Å². The van der Waals surface area contributed by atoms with Crippen LogP contribution in [0.3, 0.4) is 0 Å². The van der Waals surface area contributed by atoms with E-state index in [1.165, 1.54) is 0 Å². The van der Waals surface area contributed by atoms with Crippen LogP contribution in [0.1, 0.15) is 31.2 Å². The molecule has 0 aliphatic carbocycles. The van der Waals surface area contributed by atoms with Crippen LogP contribution >= 0.6 is 0 Å². The van der Waals surface area contributed by atoms with E-state index < -0.39 is 0 Å². The molecule has 2 rings (SSSR count). The molecule has 7 heteroatoms. The standard InChI is InChI=1S/C17H23N3O4/c1-4-23-16(22)8-7-15(21)18-9-10-20-13(3)17(12(2)19-20)14-6-5-11-24-14/h5-6,11H,4,7-10H2,1-3H3,(H,18,21). The number of carbonyl (C=O) groups excluding carboxylic acids is 2. The van der Waals surface area contributed by atoms with E-state index in [0.29, 0.717) is 19.7 Å². The van der Waals surface area contributed by atoms with Crippen molar-refractivity contribution in [3.8, 4) is 11.3 Å². The third kappa shape index (κ3) is 4.47. The summed E-state index contributed by atoms with van der Waals surface area (Å²) in [6.07, 6.45) is 1.87. The van der Waals surface area contributed by atoms with Crippen molar-refractivity contribution >= 4 is 11.9 Å². The number of carbonyl (C=O) groups is 2. The highest BCUT2D eigenvalue weighted by Gasteiger charge is 2.15. The molecule has 2 heterocycles. The third-order valence-corrected chi connectivity index (χ3v) is 3.66. The number of hydrogen-bond donors (Lipinski definition) is 1. The van der Waals surface area contributed by atoms with E-state index >= 15 is 0 Å². The highest BCUT2D eigenvalue weighted by Crippen LogP contribution is 2.26. The van der Waals surface area contributed by atoms with Gasteiger partial charge in [0, 0.05) is 18.7 Å². The van der Waals surface area contributed by atoms with E-state index in [-0.39, 0.29) is 24.7 Å². The first-order chi connectivity index (χ1) is 11.5. The summed E-state index contributed by atoms with van der Waals surface area (Å²) in [5, 5.41) is 7.28. The third-order valence-electron chi connectivity index (χ3n) is 3.66. The van der Waals surface area contributed by atoms with E-state index in [9.17, 15) is 9.59 Å². The zero-order valence-electron chi connectivity index (χ0n) is 14.3. The Labute approximate surface area is 141 Å². The summed E-state index contributed by atoms with van der Waals surface area (Å²) in [6, 6.07) is 3.74. The number of nitrogens with one attached hydrogen (secondary N) is 1. The predicted molar refractivity (Wildman–Crippen MR) is 88.3 cm³/mol. The van der Waals surface area contributed by atoms with Crippen molar-refractivity contribution in [3.05, 3.63) is 29.8 Å². The Kier molecular flexibility index (Phi) is 6.17. The second kappa shape index (κ2) is 8.33. The maximum absolute atomic E-state index is 11.7. The summed E-state index contributed by atoms with van der Waals surface area (Å²) in [5.41, 5.74) is 2.85. The summed E-state index contributed by atoms with van der Waals surface area (Å²) in [7, 11) is 0. The molecule has 0 fully saturated rings. The van der Waals surface area contributed by atoms with Crippen molar-refractivity contribution in [3.63, 3.8) is 0 Å².